The Morgan fingerprint density at radius 3 is 2.11 bits per heavy atom. The first-order valence-corrected chi connectivity index (χ1v) is 6.43. The first kappa shape index (κ1) is 14.3. The molecule has 1 atom stereocenters. The van der Waals surface area contributed by atoms with E-state index in [0.717, 1.165) is 18.2 Å². The number of benzene rings is 2. The molecule has 0 fully saturated rings. The lowest BCUT2D eigenvalue weighted by Crippen LogP contribution is -2.00. The lowest BCUT2D eigenvalue weighted by atomic mass is 10.0. The fraction of sp³-hybridized carbons (Fsp3) is 0.0769. The summed E-state index contributed by atoms with van der Waals surface area (Å²) in [7, 11) is 0. The van der Waals surface area contributed by atoms with Gasteiger partial charge in [0.1, 0.15) is 11.6 Å². The van der Waals surface area contributed by atoms with Gasteiger partial charge in [-0.2, -0.15) is 0 Å². The number of halogens is 6. The Hall–Kier alpha value is -1.07. The van der Waals surface area contributed by atoms with E-state index in [1.807, 2.05) is 0 Å². The van der Waals surface area contributed by atoms with Crippen LogP contribution in [0.4, 0.5) is 17.6 Å². The van der Waals surface area contributed by atoms with Crippen LogP contribution in [0.5, 0.6) is 0 Å². The number of hydrogen-bond acceptors (Lipinski definition) is 0. The van der Waals surface area contributed by atoms with Gasteiger partial charge in [-0.3, -0.25) is 0 Å². The quantitative estimate of drug-likeness (QED) is 0.386. The fourth-order valence-corrected chi connectivity index (χ4v) is 2.76. The van der Waals surface area contributed by atoms with Crippen LogP contribution in [0.15, 0.2) is 30.3 Å². The maximum Gasteiger partial charge on any atom is 0.161 e. The molecule has 0 aliphatic carbocycles. The zero-order chi connectivity index (χ0) is 14.2. The highest BCUT2D eigenvalue weighted by atomic mass is 79.9. The van der Waals surface area contributed by atoms with Gasteiger partial charge in [0, 0.05) is 16.7 Å². The van der Waals surface area contributed by atoms with Gasteiger partial charge in [0.15, 0.2) is 11.6 Å². The second-order valence-corrected chi connectivity index (χ2v) is 5.14. The van der Waals surface area contributed by atoms with Crippen molar-refractivity contribution >= 4 is 27.5 Å². The van der Waals surface area contributed by atoms with E-state index in [4.69, 9.17) is 11.6 Å². The van der Waals surface area contributed by atoms with Gasteiger partial charge in [0.25, 0.3) is 0 Å². The van der Waals surface area contributed by atoms with Crippen molar-refractivity contribution in [2.75, 3.05) is 0 Å². The molecule has 0 aliphatic heterocycles. The van der Waals surface area contributed by atoms with E-state index in [2.05, 4.69) is 15.9 Å². The molecule has 0 saturated carbocycles. The van der Waals surface area contributed by atoms with Gasteiger partial charge in [-0.05, 0) is 23.8 Å². The second-order valence-electron chi connectivity index (χ2n) is 3.82. The average molecular weight is 354 g/mol. The van der Waals surface area contributed by atoms with Crippen molar-refractivity contribution in [3.63, 3.8) is 0 Å². The molecule has 2 rings (SSSR count). The van der Waals surface area contributed by atoms with Crippen molar-refractivity contribution in [1.29, 1.82) is 0 Å². The molecule has 2 aromatic rings. The van der Waals surface area contributed by atoms with Crippen LogP contribution >= 0.6 is 27.5 Å². The Balaban J connectivity index is 2.49. The predicted octanol–water partition coefficient (Wildman–Crippen LogP) is 5.38. The Kier molecular flexibility index (Phi) is 4.16. The van der Waals surface area contributed by atoms with E-state index < -0.39 is 28.1 Å². The molecular weight excluding hydrogens is 347 g/mol. The normalized spacial score (nSPS) is 12.5. The Morgan fingerprint density at radius 1 is 0.842 bits per heavy atom. The number of rotatable bonds is 2. The topological polar surface area (TPSA) is 0 Å². The monoisotopic (exact) mass is 352 g/mol. The summed E-state index contributed by atoms with van der Waals surface area (Å²) in [4.78, 5) is -0.810. The zero-order valence-electron chi connectivity index (χ0n) is 9.23. The van der Waals surface area contributed by atoms with Crippen molar-refractivity contribution in [2.45, 2.75) is 4.83 Å². The highest BCUT2D eigenvalue weighted by Crippen LogP contribution is 2.37. The summed E-state index contributed by atoms with van der Waals surface area (Å²) in [6, 6.07) is 4.74. The molecule has 0 nitrogen and oxygen atoms in total. The van der Waals surface area contributed by atoms with Gasteiger partial charge in [-0.25, -0.2) is 17.6 Å². The van der Waals surface area contributed by atoms with Crippen LogP contribution < -0.4 is 0 Å². The summed E-state index contributed by atoms with van der Waals surface area (Å²) < 4.78 is 52.5. The summed E-state index contributed by atoms with van der Waals surface area (Å²) >= 11 is 8.98. The molecule has 0 N–H and O–H groups in total. The van der Waals surface area contributed by atoms with Crippen molar-refractivity contribution in [1.82, 2.24) is 0 Å². The van der Waals surface area contributed by atoms with Gasteiger partial charge in [0.2, 0.25) is 0 Å². The Labute approximate surface area is 120 Å². The van der Waals surface area contributed by atoms with Crippen LogP contribution in [0.25, 0.3) is 0 Å². The summed E-state index contributed by atoms with van der Waals surface area (Å²) in [5.74, 6) is -3.90. The average Bonchev–Trinajstić information content (AvgIpc) is 2.33. The SMILES string of the molecule is Fc1ccc(C(Br)c2cc(F)c(F)cc2F)c(Cl)c1. The number of alkyl halides is 1. The van der Waals surface area contributed by atoms with Crippen molar-refractivity contribution in [3.05, 3.63) is 69.8 Å². The highest BCUT2D eigenvalue weighted by molar-refractivity contribution is 9.09. The molecule has 0 aliphatic rings. The lowest BCUT2D eigenvalue weighted by Gasteiger charge is -2.14. The van der Waals surface area contributed by atoms with Crippen LogP contribution in [0.3, 0.4) is 0 Å². The minimum Gasteiger partial charge on any atom is -0.207 e. The van der Waals surface area contributed by atoms with E-state index in [0.29, 0.717) is 11.6 Å². The minimum absolute atomic E-state index is 0.0611. The molecule has 0 radical (unpaired) electrons. The van der Waals surface area contributed by atoms with Crippen LogP contribution in [-0.2, 0) is 0 Å². The van der Waals surface area contributed by atoms with Crippen LogP contribution in [0.2, 0.25) is 5.02 Å². The molecule has 1 unspecified atom stereocenters. The van der Waals surface area contributed by atoms with Crippen LogP contribution in [-0.4, -0.2) is 0 Å². The fourth-order valence-electron chi connectivity index (χ4n) is 1.61. The van der Waals surface area contributed by atoms with Gasteiger partial charge >= 0.3 is 0 Å². The molecular formula is C13H6BrClF4. The van der Waals surface area contributed by atoms with Gasteiger partial charge in [-0.1, -0.05) is 33.6 Å². The standard InChI is InChI=1S/C13H6BrClF4/c14-13(7-2-1-6(16)3-9(7)15)8-4-11(18)12(19)5-10(8)17/h1-5,13H. The molecule has 100 valence electrons. The summed E-state index contributed by atoms with van der Waals surface area (Å²) in [5.41, 5.74) is 0.236. The van der Waals surface area contributed by atoms with Gasteiger partial charge < -0.3 is 0 Å². The smallest absolute Gasteiger partial charge is 0.161 e. The van der Waals surface area contributed by atoms with Crippen LogP contribution in [0.1, 0.15) is 16.0 Å². The Bertz CT molecular complexity index is 630. The van der Waals surface area contributed by atoms with Gasteiger partial charge in [-0.15, -0.1) is 0 Å². The molecule has 19 heavy (non-hydrogen) atoms. The van der Waals surface area contributed by atoms with Gasteiger partial charge in [0.05, 0.1) is 4.83 Å². The molecule has 6 heteroatoms. The van der Waals surface area contributed by atoms with E-state index >= 15 is 0 Å². The van der Waals surface area contributed by atoms with Crippen molar-refractivity contribution < 1.29 is 17.6 Å². The molecule has 0 heterocycles. The maximum absolute atomic E-state index is 13.6. The minimum atomic E-state index is -1.27. The molecule has 2 aromatic carbocycles. The summed E-state index contributed by atoms with van der Waals surface area (Å²) in [5, 5.41) is 0.0611. The van der Waals surface area contributed by atoms with Crippen molar-refractivity contribution in [3.8, 4) is 0 Å². The first-order valence-electron chi connectivity index (χ1n) is 5.13. The molecule has 0 bridgehead atoms. The van der Waals surface area contributed by atoms with E-state index in [-0.39, 0.29) is 10.6 Å². The highest BCUT2D eigenvalue weighted by Gasteiger charge is 2.20. The maximum atomic E-state index is 13.6. The predicted molar refractivity (Wildman–Crippen MR) is 68.5 cm³/mol. The summed E-state index contributed by atoms with van der Waals surface area (Å²) in [6.45, 7) is 0. The zero-order valence-corrected chi connectivity index (χ0v) is 11.6. The van der Waals surface area contributed by atoms with Crippen LogP contribution in [0, 0.1) is 23.3 Å². The van der Waals surface area contributed by atoms with E-state index in [1.54, 1.807) is 0 Å². The largest absolute Gasteiger partial charge is 0.207 e. The molecule has 0 spiro atoms. The Morgan fingerprint density at radius 2 is 1.47 bits per heavy atom. The summed E-state index contributed by atoms with van der Waals surface area (Å²) in [6.07, 6.45) is 0. The second kappa shape index (κ2) is 5.51. The lowest BCUT2D eigenvalue weighted by molar-refractivity contribution is 0.491. The van der Waals surface area contributed by atoms with E-state index in [9.17, 15) is 17.6 Å². The molecule has 0 saturated heterocycles. The third-order valence-corrected chi connectivity index (χ3v) is 3.86. The first-order chi connectivity index (χ1) is 8.90. The van der Waals surface area contributed by atoms with Crippen molar-refractivity contribution in [2.24, 2.45) is 0 Å². The molecule has 0 amide bonds. The third kappa shape index (κ3) is 2.92. The number of hydrogen-bond donors (Lipinski definition) is 0. The third-order valence-electron chi connectivity index (χ3n) is 2.55. The van der Waals surface area contributed by atoms with E-state index in [1.165, 1.54) is 6.07 Å². The molecule has 0 aromatic heterocycles.